The summed E-state index contributed by atoms with van der Waals surface area (Å²) in [6, 6.07) is 4.00. The fourth-order valence-electron chi connectivity index (χ4n) is 2.73. The van der Waals surface area contributed by atoms with Crippen LogP contribution in [0.1, 0.15) is 25.6 Å². The molecule has 1 saturated heterocycles. The molecule has 1 aromatic heterocycles. The van der Waals surface area contributed by atoms with E-state index in [1.54, 1.807) is 0 Å². The van der Waals surface area contributed by atoms with E-state index in [1.165, 1.54) is 16.4 Å². The molecule has 1 aromatic carbocycles. The Morgan fingerprint density at radius 3 is 2.76 bits per heavy atom. The summed E-state index contributed by atoms with van der Waals surface area (Å²) in [4.78, 5) is 3.92. The van der Waals surface area contributed by atoms with Crippen molar-refractivity contribution in [3.8, 4) is 11.5 Å². The first kappa shape index (κ1) is 18.0. The predicted molar refractivity (Wildman–Crippen MR) is 89.9 cm³/mol. The number of nitrogens with one attached hydrogen (secondary N) is 1. The van der Waals surface area contributed by atoms with E-state index in [0.717, 1.165) is 18.9 Å². The van der Waals surface area contributed by atoms with Crippen LogP contribution in [0.4, 0.5) is 4.39 Å². The molecule has 0 bridgehead atoms. The Balaban J connectivity index is 1.92. The first-order valence-corrected chi connectivity index (χ1v) is 9.65. The lowest BCUT2D eigenvalue weighted by Crippen LogP contribution is -2.28. The maximum atomic E-state index is 14.2. The van der Waals surface area contributed by atoms with Gasteiger partial charge in [0.15, 0.2) is 5.82 Å². The number of rotatable bonds is 6. The first-order valence-electron chi connectivity index (χ1n) is 8.21. The summed E-state index contributed by atoms with van der Waals surface area (Å²) in [6.45, 7) is 2.81. The average Bonchev–Trinajstić information content (AvgIpc) is 3.27. The molecule has 7 nitrogen and oxygen atoms in total. The van der Waals surface area contributed by atoms with Gasteiger partial charge in [-0.25, -0.2) is 12.8 Å². The lowest BCUT2D eigenvalue weighted by molar-refractivity contribution is 0.418. The molecule has 3 rings (SSSR count). The fourth-order valence-corrected chi connectivity index (χ4v) is 4.34. The maximum Gasteiger partial charge on any atom is 0.257 e. The van der Waals surface area contributed by atoms with Gasteiger partial charge in [-0.2, -0.15) is 9.29 Å². The van der Waals surface area contributed by atoms with Gasteiger partial charge in [0.1, 0.15) is 10.7 Å². The SMILES string of the molecule is CNC(C)Cc1noc(-c2ccc(F)c(S(=O)(=O)N3CCCC3)c2)n1. The molecule has 2 aromatic rings. The first-order chi connectivity index (χ1) is 11.9. The van der Waals surface area contributed by atoms with Crippen LogP contribution in [0, 0.1) is 5.82 Å². The van der Waals surface area contributed by atoms with E-state index in [0.29, 0.717) is 30.9 Å². The lowest BCUT2D eigenvalue weighted by Gasteiger charge is -2.16. The zero-order chi connectivity index (χ0) is 18.0. The van der Waals surface area contributed by atoms with Crippen molar-refractivity contribution >= 4 is 10.0 Å². The molecule has 1 fully saturated rings. The van der Waals surface area contributed by atoms with E-state index in [1.807, 2.05) is 14.0 Å². The van der Waals surface area contributed by atoms with Crippen LogP contribution < -0.4 is 5.32 Å². The number of hydrogen-bond donors (Lipinski definition) is 1. The van der Waals surface area contributed by atoms with Crippen LogP contribution in [-0.2, 0) is 16.4 Å². The molecular formula is C16H21FN4O3S. The molecular weight excluding hydrogens is 347 g/mol. The number of halogens is 1. The highest BCUT2D eigenvalue weighted by atomic mass is 32.2. The van der Waals surface area contributed by atoms with Crippen LogP contribution in [0.15, 0.2) is 27.6 Å². The summed E-state index contributed by atoms with van der Waals surface area (Å²) in [5, 5.41) is 6.97. The van der Waals surface area contributed by atoms with Crippen molar-refractivity contribution in [3.63, 3.8) is 0 Å². The molecule has 2 heterocycles. The fraction of sp³-hybridized carbons (Fsp3) is 0.500. The second-order valence-electron chi connectivity index (χ2n) is 6.17. The third-order valence-corrected chi connectivity index (χ3v) is 6.22. The molecule has 1 aliphatic rings. The summed E-state index contributed by atoms with van der Waals surface area (Å²) in [5.74, 6) is -0.0968. The normalized spacial score (nSPS) is 17.1. The predicted octanol–water partition coefficient (Wildman–Crippen LogP) is 1.81. The third kappa shape index (κ3) is 3.73. The minimum Gasteiger partial charge on any atom is -0.334 e. The molecule has 1 atom stereocenters. The van der Waals surface area contributed by atoms with Crippen molar-refractivity contribution in [2.24, 2.45) is 0 Å². The topological polar surface area (TPSA) is 88.3 Å². The molecule has 25 heavy (non-hydrogen) atoms. The molecule has 1 N–H and O–H groups in total. The molecule has 0 radical (unpaired) electrons. The number of nitrogens with zero attached hydrogens (tertiary/aromatic N) is 3. The van der Waals surface area contributed by atoms with E-state index >= 15 is 0 Å². The highest BCUT2D eigenvalue weighted by molar-refractivity contribution is 7.89. The zero-order valence-electron chi connectivity index (χ0n) is 14.2. The van der Waals surface area contributed by atoms with Crippen LogP contribution in [0.5, 0.6) is 0 Å². The minimum absolute atomic E-state index is 0.171. The molecule has 9 heteroatoms. The molecule has 136 valence electrons. The largest absolute Gasteiger partial charge is 0.334 e. The zero-order valence-corrected chi connectivity index (χ0v) is 15.0. The molecule has 0 amide bonds. The van der Waals surface area contributed by atoms with Crippen LogP contribution in [-0.4, -0.2) is 49.0 Å². The molecule has 1 aliphatic heterocycles. The average molecular weight is 368 g/mol. The van der Waals surface area contributed by atoms with Crippen molar-refractivity contribution in [3.05, 3.63) is 29.8 Å². The number of aromatic nitrogens is 2. The Kier molecular flexibility index (Phi) is 5.16. The van der Waals surface area contributed by atoms with E-state index in [-0.39, 0.29) is 16.8 Å². The van der Waals surface area contributed by atoms with Gasteiger partial charge >= 0.3 is 0 Å². The standard InChI is InChI=1S/C16H21FN4O3S/c1-11(18-2)9-15-19-16(24-20-15)12-5-6-13(17)14(10-12)25(22,23)21-7-3-4-8-21/h5-6,10-11,18H,3-4,7-9H2,1-2H3. The smallest absolute Gasteiger partial charge is 0.257 e. The highest BCUT2D eigenvalue weighted by Gasteiger charge is 2.30. The van der Waals surface area contributed by atoms with Gasteiger partial charge < -0.3 is 9.84 Å². The van der Waals surface area contributed by atoms with Gasteiger partial charge in [-0.05, 0) is 45.0 Å². The Morgan fingerprint density at radius 2 is 2.08 bits per heavy atom. The van der Waals surface area contributed by atoms with Crippen molar-refractivity contribution in [1.29, 1.82) is 0 Å². The van der Waals surface area contributed by atoms with Gasteiger partial charge in [0.2, 0.25) is 10.0 Å². The molecule has 0 saturated carbocycles. The van der Waals surface area contributed by atoms with Gasteiger partial charge in [-0.15, -0.1) is 0 Å². The Morgan fingerprint density at radius 1 is 1.36 bits per heavy atom. The van der Waals surface area contributed by atoms with Crippen LogP contribution in [0.3, 0.4) is 0 Å². The van der Waals surface area contributed by atoms with Gasteiger partial charge in [0.05, 0.1) is 0 Å². The van der Waals surface area contributed by atoms with E-state index in [2.05, 4.69) is 15.5 Å². The number of sulfonamides is 1. The summed E-state index contributed by atoms with van der Waals surface area (Å²) in [6.07, 6.45) is 2.15. The van der Waals surface area contributed by atoms with E-state index in [4.69, 9.17) is 4.52 Å². The van der Waals surface area contributed by atoms with Gasteiger partial charge in [-0.3, -0.25) is 0 Å². The number of hydrogen-bond acceptors (Lipinski definition) is 6. The van der Waals surface area contributed by atoms with Crippen LogP contribution >= 0.6 is 0 Å². The summed E-state index contributed by atoms with van der Waals surface area (Å²) in [7, 11) is -2.02. The quantitative estimate of drug-likeness (QED) is 0.837. The van der Waals surface area contributed by atoms with Gasteiger partial charge in [0, 0.05) is 31.1 Å². The summed E-state index contributed by atoms with van der Waals surface area (Å²) >= 11 is 0. The van der Waals surface area contributed by atoms with Crippen molar-refractivity contribution in [2.75, 3.05) is 20.1 Å². The van der Waals surface area contributed by atoms with Crippen LogP contribution in [0.2, 0.25) is 0 Å². The van der Waals surface area contributed by atoms with E-state index in [9.17, 15) is 12.8 Å². The Labute approximate surface area is 146 Å². The second-order valence-corrected chi connectivity index (χ2v) is 8.07. The minimum atomic E-state index is -3.86. The molecule has 0 spiro atoms. The molecule has 1 unspecified atom stereocenters. The summed E-state index contributed by atoms with van der Waals surface area (Å²) in [5.41, 5.74) is 0.384. The highest BCUT2D eigenvalue weighted by Crippen LogP contribution is 2.27. The van der Waals surface area contributed by atoms with Crippen molar-refractivity contribution < 1.29 is 17.3 Å². The summed E-state index contributed by atoms with van der Waals surface area (Å²) < 4.78 is 46.0. The van der Waals surface area contributed by atoms with Crippen molar-refractivity contribution in [1.82, 2.24) is 19.8 Å². The number of benzene rings is 1. The second kappa shape index (κ2) is 7.19. The van der Waals surface area contributed by atoms with E-state index < -0.39 is 15.8 Å². The monoisotopic (exact) mass is 368 g/mol. The Hall–Kier alpha value is -1.84. The molecule has 0 aliphatic carbocycles. The van der Waals surface area contributed by atoms with Gasteiger partial charge in [0.25, 0.3) is 5.89 Å². The number of likely N-dealkylation sites (N-methyl/N-ethyl adjacent to an activating group) is 1. The maximum absolute atomic E-state index is 14.2. The van der Waals surface area contributed by atoms with Gasteiger partial charge in [-0.1, -0.05) is 5.16 Å². The van der Waals surface area contributed by atoms with Crippen LogP contribution in [0.25, 0.3) is 11.5 Å². The third-order valence-electron chi connectivity index (χ3n) is 4.31. The Bertz CT molecular complexity index is 847. The lowest BCUT2D eigenvalue weighted by atomic mass is 10.2. The van der Waals surface area contributed by atoms with Crippen molar-refractivity contribution in [2.45, 2.75) is 37.1 Å².